The molecule has 2 aromatic carbocycles. The molecule has 180 valence electrons. The summed E-state index contributed by atoms with van der Waals surface area (Å²) >= 11 is 0. The van der Waals surface area contributed by atoms with Crippen LogP contribution in [0.2, 0.25) is 0 Å². The number of carboxylic acid groups (broad SMARTS) is 1. The van der Waals surface area contributed by atoms with Crippen molar-refractivity contribution in [2.45, 2.75) is 57.5 Å². The number of benzene rings is 2. The molecule has 7 heteroatoms. The number of ether oxygens (including phenoxy) is 1. The quantitative estimate of drug-likeness (QED) is 0.540. The van der Waals surface area contributed by atoms with Crippen LogP contribution in [0.5, 0.6) is 0 Å². The van der Waals surface area contributed by atoms with Gasteiger partial charge in [-0.15, -0.1) is 0 Å². The van der Waals surface area contributed by atoms with Crippen LogP contribution in [0.4, 0.5) is 4.79 Å². The second kappa shape index (κ2) is 10.3. The summed E-state index contributed by atoms with van der Waals surface area (Å²) in [6.45, 7) is 4.10. The van der Waals surface area contributed by atoms with Gasteiger partial charge >= 0.3 is 12.1 Å². The zero-order chi connectivity index (χ0) is 24.2. The number of hydrogen-bond acceptors (Lipinski definition) is 4. The normalized spacial score (nSPS) is 19.9. The Bertz CT molecular complexity index is 1020. The number of aliphatic carboxylic acids is 1. The molecular weight excluding hydrogens is 432 g/mol. The molecule has 0 aromatic heterocycles. The molecule has 0 saturated heterocycles. The Morgan fingerprint density at radius 3 is 2.18 bits per heavy atom. The van der Waals surface area contributed by atoms with E-state index >= 15 is 0 Å². The van der Waals surface area contributed by atoms with E-state index in [4.69, 9.17) is 9.84 Å². The topological polar surface area (TPSA) is 105 Å². The zero-order valence-corrected chi connectivity index (χ0v) is 19.6. The third kappa shape index (κ3) is 5.24. The van der Waals surface area contributed by atoms with Crippen LogP contribution in [-0.2, 0) is 14.3 Å². The molecule has 3 unspecified atom stereocenters. The molecule has 3 N–H and O–H groups in total. The van der Waals surface area contributed by atoms with Crippen molar-refractivity contribution in [1.29, 1.82) is 0 Å². The van der Waals surface area contributed by atoms with E-state index in [2.05, 4.69) is 34.9 Å². The third-order valence-electron chi connectivity index (χ3n) is 7.00. The van der Waals surface area contributed by atoms with E-state index in [-0.39, 0.29) is 42.9 Å². The van der Waals surface area contributed by atoms with Crippen LogP contribution in [0.1, 0.15) is 56.6 Å². The molecule has 0 aliphatic heterocycles. The maximum Gasteiger partial charge on any atom is 0.407 e. The van der Waals surface area contributed by atoms with Crippen molar-refractivity contribution in [3.8, 4) is 11.1 Å². The van der Waals surface area contributed by atoms with Crippen LogP contribution in [0, 0.1) is 11.8 Å². The molecule has 0 heterocycles. The predicted octanol–water partition coefficient (Wildman–Crippen LogP) is 4.31. The van der Waals surface area contributed by atoms with Gasteiger partial charge in [0, 0.05) is 24.4 Å². The standard InChI is InChI=1S/C27H32N2O5/c1-16(2)24(14-25(30)28-18-12-11-17(13-18)26(31)32)29-27(33)34-15-23-21-9-5-3-7-19(21)20-8-4-6-10-22(20)23/h3-10,16-18,23-24H,11-15H2,1-2H3,(H,28,30)(H,29,33)(H,31,32). The predicted molar refractivity (Wildman–Crippen MR) is 128 cm³/mol. The Hall–Kier alpha value is -3.35. The van der Waals surface area contributed by atoms with Crippen molar-refractivity contribution in [1.82, 2.24) is 10.6 Å². The van der Waals surface area contributed by atoms with Crippen LogP contribution >= 0.6 is 0 Å². The maximum absolute atomic E-state index is 12.7. The average Bonchev–Trinajstić information content (AvgIpc) is 3.40. The van der Waals surface area contributed by atoms with Gasteiger partial charge < -0.3 is 20.5 Å². The van der Waals surface area contributed by atoms with E-state index in [0.717, 1.165) is 11.1 Å². The van der Waals surface area contributed by atoms with Gasteiger partial charge in [-0.2, -0.15) is 0 Å². The summed E-state index contributed by atoms with van der Waals surface area (Å²) in [7, 11) is 0. The second-order valence-electron chi connectivity index (χ2n) is 9.64. The highest BCUT2D eigenvalue weighted by atomic mass is 16.5. The molecule has 2 aliphatic rings. The minimum absolute atomic E-state index is 0.0245. The van der Waals surface area contributed by atoms with Crippen LogP contribution in [0.3, 0.4) is 0 Å². The van der Waals surface area contributed by atoms with E-state index in [0.29, 0.717) is 19.3 Å². The van der Waals surface area contributed by atoms with E-state index in [1.165, 1.54) is 11.1 Å². The van der Waals surface area contributed by atoms with Gasteiger partial charge in [-0.05, 0) is 47.4 Å². The number of carbonyl (C=O) groups excluding carboxylic acids is 2. The molecule has 2 aliphatic carbocycles. The summed E-state index contributed by atoms with van der Waals surface area (Å²) in [5, 5.41) is 14.9. The molecule has 2 amide bonds. The van der Waals surface area contributed by atoms with E-state index in [1.54, 1.807) is 0 Å². The van der Waals surface area contributed by atoms with Gasteiger partial charge in [-0.25, -0.2) is 4.79 Å². The maximum atomic E-state index is 12.7. The Morgan fingerprint density at radius 2 is 1.62 bits per heavy atom. The first-order chi connectivity index (χ1) is 16.3. The summed E-state index contributed by atoms with van der Waals surface area (Å²) < 4.78 is 5.63. The van der Waals surface area contributed by atoms with Crippen molar-refractivity contribution >= 4 is 18.0 Å². The number of hydrogen-bond donors (Lipinski definition) is 3. The minimum atomic E-state index is -0.811. The Morgan fingerprint density at radius 1 is 1.00 bits per heavy atom. The van der Waals surface area contributed by atoms with Crippen molar-refractivity contribution in [3.63, 3.8) is 0 Å². The molecule has 4 rings (SSSR count). The van der Waals surface area contributed by atoms with E-state index < -0.39 is 18.0 Å². The summed E-state index contributed by atoms with van der Waals surface area (Å²) in [6, 6.07) is 15.8. The largest absolute Gasteiger partial charge is 0.481 e. The van der Waals surface area contributed by atoms with Gasteiger partial charge in [0.25, 0.3) is 0 Å². The highest BCUT2D eigenvalue weighted by Crippen LogP contribution is 2.44. The van der Waals surface area contributed by atoms with Gasteiger partial charge in [-0.1, -0.05) is 62.4 Å². The molecule has 1 saturated carbocycles. The lowest BCUT2D eigenvalue weighted by Gasteiger charge is -2.23. The van der Waals surface area contributed by atoms with Crippen LogP contribution < -0.4 is 10.6 Å². The monoisotopic (exact) mass is 464 g/mol. The molecule has 0 bridgehead atoms. The van der Waals surface area contributed by atoms with Crippen LogP contribution in [0.25, 0.3) is 11.1 Å². The zero-order valence-electron chi connectivity index (χ0n) is 19.6. The van der Waals surface area contributed by atoms with Crippen molar-refractivity contribution < 1.29 is 24.2 Å². The molecule has 3 atom stereocenters. The molecular formula is C27H32N2O5. The smallest absolute Gasteiger partial charge is 0.407 e. The molecule has 7 nitrogen and oxygen atoms in total. The molecule has 0 radical (unpaired) electrons. The minimum Gasteiger partial charge on any atom is -0.481 e. The fraction of sp³-hybridized carbons (Fsp3) is 0.444. The van der Waals surface area contributed by atoms with Crippen LogP contribution in [0.15, 0.2) is 48.5 Å². The molecule has 1 fully saturated rings. The van der Waals surface area contributed by atoms with Crippen LogP contribution in [-0.4, -0.2) is 41.8 Å². The van der Waals surface area contributed by atoms with Crippen molar-refractivity contribution in [2.75, 3.05) is 6.61 Å². The third-order valence-corrected chi connectivity index (χ3v) is 7.00. The first-order valence-corrected chi connectivity index (χ1v) is 12.0. The SMILES string of the molecule is CC(C)C(CC(=O)NC1CCC(C(=O)O)C1)NC(=O)OCC1c2ccccc2-c2ccccc21. The van der Waals surface area contributed by atoms with Crippen molar-refractivity contribution in [2.24, 2.45) is 11.8 Å². The lowest BCUT2D eigenvalue weighted by Crippen LogP contribution is -2.44. The van der Waals surface area contributed by atoms with Gasteiger partial charge in [0.1, 0.15) is 6.61 Å². The number of amides is 2. The lowest BCUT2D eigenvalue weighted by molar-refractivity contribution is -0.141. The number of nitrogens with one attached hydrogen (secondary N) is 2. The number of carboxylic acids is 1. The van der Waals surface area contributed by atoms with Gasteiger partial charge in [0.2, 0.25) is 5.91 Å². The summed E-state index contributed by atoms with van der Waals surface area (Å²) in [5.74, 6) is -1.39. The summed E-state index contributed by atoms with van der Waals surface area (Å²) in [5.41, 5.74) is 4.63. The molecule has 0 spiro atoms. The first-order valence-electron chi connectivity index (χ1n) is 12.0. The summed E-state index contributed by atoms with van der Waals surface area (Å²) in [4.78, 5) is 36.4. The average molecular weight is 465 g/mol. The fourth-order valence-electron chi connectivity index (χ4n) is 5.07. The number of rotatable bonds is 8. The highest BCUT2D eigenvalue weighted by Gasteiger charge is 2.32. The first kappa shape index (κ1) is 23.8. The second-order valence-corrected chi connectivity index (χ2v) is 9.64. The number of carbonyl (C=O) groups is 3. The number of alkyl carbamates (subject to hydrolysis) is 1. The number of fused-ring (bicyclic) bond motifs is 3. The lowest BCUT2D eigenvalue weighted by atomic mass is 9.98. The van der Waals surface area contributed by atoms with E-state index in [9.17, 15) is 14.4 Å². The summed E-state index contributed by atoms with van der Waals surface area (Å²) in [6.07, 6.45) is 1.27. The van der Waals surface area contributed by atoms with Gasteiger partial charge in [-0.3, -0.25) is 9.59 Å². The van der Waals surface area contributed by atoms with E-state index in [1.807, 2.05) is 38.1 Å². The highest BCUT2D eigenvalue weighted by molar-refractivity contribution is 5.80. The van der Waals surface area contributed by atoms with Crippen molar-refractivity contribution in [3.05, 3.63) is 59.7 Å². The Labute approximate surface area is 199 Å². The van der Waals surface area contributed by atoms with Gasteiger partial charge in [0.15, 0.2) is 0 Å². The van der Waals surface area contributed by atoms with Gasteiger partial charge in [0.05, 0.1) is 5.92 Å². The Kier molecular flexibility index (Phi) is 7.20. The fourth-order valence-corrected chi connectivity index (χ4v) is 5.07. The molecule has 2 aromatic rings. The molecule has 34 heavy (non-hydrogen) atoms. The Balaban J connectivity index is 1.32.